The quantitative estimate of drug-likeness (QED) is 0.679. The Balaban J connectivity index is 2.50. The zero-order chi connectivity index (χ0) is 10.7. The van der Waals surface area contributed by atoms with E-state index in [-0.39, 0.29) is 0 Å². The van der Waals surface area contributed by atoms with Crippen LogP contribution in [-0.2, 0) is 0 Å². The minimum absolute atomic E-state index is 0.703. The second-order valence-electron chi connectivity index (χ2n) is 3.56. The third-order valence-electron chi connectivity index (χ3n) is 2.34. The van der Waals surface area contributed by atoms with Crippen LogP contribution in [0.3, 0.4) is 0 Å². The molecule has 15 heavy (non-hydrogen) atoms. The van der Waals surface area contributed by atoms with Gasteiger partial charge in [-0.25, -0.2) is 0 Å². The number of nitriles is 1. The Morgan fingerprint density at radius 3 is 2.27 bits per heavy atom. The van der Waals surface area contributed by atoms with E-state index in [1.165, 1.54) is 5.56 Å². The van der Waals surface area contributed by atoms with Crippen LogP contribution in [0.4, 0.5) is 0 Å². The van der Waals surface area contributed by atoms with Crippen LogP contribution in [0, 0.1) is 18.3 Å². The van der Waals surface area contributed by atoms with Crippen LogP contribution in [0.2, 0.25) is 0 Å². The van der Waals surface area contributed by atoms with E-state index >= 15 is 0 Å². The molecule has 0 bridgehead atoms. The Morgan fingerprint density at radius 2 is 1.60 bits per heavy atom. The van der Waals surface area contributed by atoms with Crippen molar-refractivity contribution < 1.29 is 0 Å². The first-order valence-electron chi connectivity index (χ1n) is 4.87. The predicted octanol–water partition coefficient (Wildman–Crippen LogP) is 3.53. The summed E-state index contributed by atoms with van der Waals surface area (Å²) in [7, 11) is 0. The monoisotopic (exact) mass is 193 g/mol. The number of nitrogens with zero attached hydrogens (tertiary/aromatic N) is 1. The summed E-state index contributed by atoms with van der Waals surface area (Å²) in [5, 5.41) is 8.81. The average Bonchev–Trinajstić information content (AvgIpc) is 2.29. The molecule has 0 unspecified atom stereocenters. The minimum Gasteiger partial charge on any atom is -0.192 e. The van der Waals surface area contributed by atoms with E-state index < -0.39 is 0 Å². The molecule has 0 heterocycles. The second kappa shape index (κ2) is 3.98. The number of rotatable bonds is 1. The largest absolute Gasteiger partial charge is 0.192 e. The molecule has 0 fully saturated rings. The van der Waals surface area contributed by atoms with Crippen molar-refractivity contribution in [3.63, 3.8) is 0 Å². The molecule has 2 rings (SSSR count). The lowest BCUT2D eigenvalue weighted by Gasteiger charge is -2.02. The molecule has 0 spiro atoms. The van der Waals surface area contributed by atoms with Crippen molar-refractivity contribution in [1.29, 1.82) is 5.26 Å². The van der Waals surface area contributed by atoms with Gasteiger partial charge in [-0.15, -0.1) is 0 Å². The Bertz CT molecular complexity index is 521. The van der Waals surface area contributed by atoms with Crippen LogP contribution < -0.4 is 0 Å². The molecule has 0 saturated carbocycles. The summed E-state index contributed by atoms with van der Waals surface area (Å²) in [6.45, 7) is 2.07. The van der Waals surface area contributed by atoms with Gasteiger partial charge in [0.2, 0.25) is 0 Å². The van der Waals surface area contributed by atoms with Gasteiger partial charge >= 0.3 is 0 Å². The highest BCUT2D eigenvalue weighted by Crippen LogP contribution is 2.20. The number of hydrogen-bond donors (Lipinski definition) is 0. The first-order valence-corrected chi connectivity index (χ1v) is 4.87. The van der Waals surface area contributed by atoms with Crippen LogP contribution in [0.25, 0.3) is 11.1 Å². The highest BCUT2D eigenvalue weighted by Gasteiger charge is 1.98. The molecule has 0 N–H and O–H groups in total. The summed E-state index contributed by atoms with van der Waals surface area (Å²) in [6, 6.07) is 18.1. The molecular formula is C14H11N. The van der Waals surface area contributed by atoms with Crippen molar-refractivity contribution in [3.05, 3.63) is 59.7 Å². The molecule has 2 aromatic rings. The summed E-state index contributed by atoms with van der Waals surface area (Å²) >= 11 is 0. The van der Waals surface area contributed by atoms with Crippen LogP contribution in [0.5, 0.6) is 0 Å². The average molecular weight is 193 g/mol. The lowest BCUT2D eigenvalue weighted by atomic mass is 10.0. The van der Waals surface area contributed by atoms with E-state index in [1.54, 1.807) is 0 Å². The third kappa shape index (κ3) is 2.05. The van der Waals surface area contributed by atoms with Crippen LogP contribution in [-0.4, -0.2) is 0 Å². The molecule has 0 amide bonds. The number of hydrogen-bond acceptors (Lipinski definition) is 1. The number of aryl methyl sites for hydroxylation is 1. The maximum atomic E-state index is 8.81. The van der Waals surface area contributed by atoms with E-state index in [0.29, 0.717) is 5.56 Å². The molecule has 0 aromatic heterocycles. The third-order valence-corrected chi connectivity index (χ3v) is 2.34. The standard InChI is InChI=1S/C14H11N/c1-11-4-2-6-13(8-11)14-7-3-5-12(9-14)10-15/h2-9H,1H3. The van der Waals surface area contributed by atoms with Gasteiger partial charge in [0, 0.05) is 0 Å². The Kier molecular flexibility index (Phi) is 2.51. The molecule has 0 aliphatic carbocycles. The van der Waals surface area contributed by atoms with Gasteiger partial charge in [-0.1, -0.05) is 42.0 Å². The Morgan fingerprint density at radius 1 is 0.933 bits per heavy atom. The molecule has 72 valence electrons. The van der Waals surface area contributed by atoms with Crippen LogP contribution in [0.15, 0.2) is 48.5 Å². The molecule has 0 aliphatic rings. The molecular weight excluding hydrogens is 182 g/mol. The maximum Gasteiger partial charge on any atom is 0.0991 e. The first-order chi connectivity index (χ1) is 7.29. The molecule has 0 atom stereocenters. The Labute approximate surface area is 89.6 Å². The van der Waals surface area contributed by atoms with E-state index in [0.717, 1.165) is 11.1 Å². The lowest BCUT2D eigenvalue weighted by molar-refractivity contribution is 1.45. The summed E-state index contributed by atoms with van der Waals surface area (Å²) in [5.74, 6) is 0. The molecule has 0 aliphatic heterocycles. The summed E-state index contributed by atoms with van der Waals surface area (Å²) in [6.07, 6.45) is 0. The van der Waals surface area contributed by atoms with E-state index in [9.17, 15) is 0 Å². The van der Waals surface area contributed by atoms with Gasteiger partial charge in [-0.2, -0.15) is 5.26 Å². The molecule has 1 nitrogen and oxygen atoms in total. The summed E-state index contributed by atoms with van der Waals surface area (Å²) < 4.78 is 0. The molecule has 0 saturated heterocycles. The van der Waals surface area contributed by atoms with Crippen molar-refractivity contribution in [2.75, 3.05) is 0 Å². The second-order valence-corrected chi connectivity index (χ2v) is 3.56. The van der Waals surface area contributed by atoms with Gasteiger partial charge in [0.15, 0.2) is 0 Å². The van der Waals surface area contributed by atoms with E-state index in [4.69, 9.17) is 5.26 Å². The highest BCUT2D eigenvalue weighted by atomic mass is 14.2. The van der Waals surface area contributed by atoms with Gasteiger partial charge in [0.25, 0.3) is 0 Å². The van der Waals surface area contributed by atoms with Crippen molar-refractivity contribution in [2.45, 2.75) is 6.92 Å². The molecule has 0 radical (unpaired) electrons. The van der Waals surface area contributed by atoms with Gasteiger partial charge in [-0.05, 0) is 30.2 Å². The van der Waals surface area contributed by atoms with Gasteiger partial charge in [0.05, 0.1) is 11.6 Å². The van der Waals surface area contributed by atoms with Crippen molar-refractivity contribution in [3.8, 4) is 17.2 Å². The maximum absolute atomic E-state index is 8.81. The summed E-state index contributed by atoms with van der Waals surface area (Å²) in [4.78, 5) is 0. The lowest BCUT2D eigenvalue weighted by Crippen LogP contribution is -1.80. The number of benzene rings is 2. The fraction of sp³-hybridized carbons (Fsp3) is 0.0714. The van der Waals surface area contributed by atoms with Gasteiger partial charge < -0.3 is 0 Å². The zero-order valence-corrected chi connectivity index (χ0v) is 8.57. The smallest absolute Gasteiger partial charge is 0.0991 e. The topological polar surface area (TPSA) is 23.8 Å². The highest BCUT2D eigenvalue weighted by molar-refractivity contribution is 5.65. The van der Waals surface area contributed by atoms with Crippen molar-refractivity contribution in [1.82, 2.24) is 0 Å². The van der Waals surface area contributed by atoms with Gasteiger partial charge in [-0.3, -0.25) is 0 Å². The SMILES string of the molecule is Cc1cccc(-c2cccc(C#N)c2)c1. The predicted molar refractivity (Wildman–Crippen MR) is 61.3 cm³/mol. The molecule has 1 heteroatoms. The summed E-state index contributed by atoms with van der Waals surface area (Å²) in [5.41, 5.74) is 4.19. The fourth-order valence-corrected chi connectivity index (χ4v) is 1.59. The van der Waals surface area contributed by atoms with Crippen molar-refractivity contribution in [2.24, 2.45) is 0 Å². The normalized spacial score (nSPS) is 9.60. The minimum atomic E-state index is 0.703. The van der Waals surface area contributed by atoms with Crippen molar-refractivity contribution >= 4 is 0 Å². The Hall–Kier alpha value is -2.07. The van der Waals surface area contributed by atoms with E-state index in [2.05, 4.69) is 31.2 Å². The van der Waals surface area contributed by atoms with Crippen LogP contribution >= 0.6 is 0 Å². The zero-order valence-electron chi connectivity index (χ0n) is 8.57. The fourth-order valence-electron chi connectivity index (χ4n) is 1.59. The van der Waals surface area contributed by atoms with Gasteiger partial charge in [0.1, 0.15) is 0 Å². The van der Waals surface area contributed by atoms with E-state index in [1.807, 2.05) is 30.3 Å². The van der Waals surface area contributed by atoms with Crippen LogP contribution in [0.1, 0.15) is 11.1 Å². The molecule has 2 aromatic carbocycles. The first kappa shape index (κ1) is 9.48.